The standard InChI is InChI=1S/C18H17N3O3/c1-24-16-10-12(21(22)23)9-15-13-3-2-4-14(13)17(20-18(15)16)11-5-7-19-8-6-11/h2-3,5-10,13-14,17,20H,4H2,1H3/t13-,14+,17-/m0/s1. The van der Waals surface area contributed by atoms with Gasteiger partial charge in [0.1, 0.15) is 5.75 Å². The second-order valence-electron chi connectivity index (χ2n) is 6.13. The Balaban J connectivity index is 1.86. The van der Waals surface area contributed by atoms with Gasteiger partial charge in [-0.2, -0.15) is 0 Å². The van der Waals surface area contributed by atoms with Gasteiger partial charge in [-0.25, -0.2) is 0 Å². The van der Waals surface area contributed by atoms with Gasteiger partial charge in [0.15, 0.2) is 0 Å². The van der Waals surface area contributed by atoms with E-state index >= 15 is 0 Å². The molecule has 24 heavy (non-hydrogen) atoms. The van der Waals surface area contributed by atoms with Crippen LogP contribution in [0.15, 0.2) is 48.8 Å². The molecule has 6 nitrogen and oxygen atoms in total. The molecule has 0 saturated heterocycles. The van der Waals surface area contributed by atoms with Gasteiger partial charge >= 0.3 is 0 Å². The van der Waals surface area contributed by atoms with Gasteiger partial charge in [0.05, 0.1) is 29.8 Å². The molecule has 122 valence electrons. The number of methoxy groups -OCH3 is 1. The van der Waals surface area contributed by atoms with Gasteiger partial charge in [-0.15, -0.1) is 0 Å². The maximum Gasteiger partial charge on any atom is 0.273 e. The van der Waals surface area contributed by atoms with Crippen LogP contribution < -0.4 is 10.1 Å². The first-order chi connectivity index (χ1) is 11.7. The Hall–Kier alpha value is -2.89. The Morgan fingerprint density at radius 2 is 2.12 bits per heavy atom. The van der Waals surface area contributed by atoms with Gasteiger partial charge in [-0.3, -0.25) is 15.1 Å². The van der Waals surface area contributed by atoms with Crippen molar-refractivity contribution in [3.63, 3.8) is 0 Å². The maximum atomic E-state index is 11.2. The third-order valence-electron chi connectivity index (χ3n) is 4.91. The monoisotopic (exact) mass is 323 g/mol. The highest BCUT2D eigenvalue weighted by molar-refractivity contribution is 5.71. The number of hydrogen-bond acceptors (Lipinski definition) is 5. The third-order valence-corrected chi connectivity index (χ3v) is 4.91. The molecule has 2 heterocycles. The van der Waals surface area contributed by atoms with Gasteiger partial charge in [0.25, 0.3) is 5.69 Å². The first kappa shape index (κ1) is 14.7. The van der Waals surface area contributed by atoms with E-state index < -0.39 is 0 Å². The van der Waals surface area contributed by atoms with E-state index in [-0.39, 0.29) is 22.6 Å². The predicted octanol–water partition coefficient (Wildman–Crippen LogP) is 3.82. The van der Waals surface area contributed by atoms with Crippen LogP contribution in [-0.2, 0) is 0 Å². The average Bonchev–Trinajstić information content (AvgIpc) is 3.10. The number of pyridine rings is 1. The molecule has 3 atom stereocenters. The lowest BCUT2D eigenvalue weighted by Crippen LogP contribution is -2.29. The van der Waals surface area contributed by atoms with Gasteiger partial charge < -0.3 is 10.1 Å². The topological polar surface area (TPSA) is 77.3 Å². The molecule has 0 unspecified atom stereocenters. The summed E-state index contributed by atoms with van der Waals surface area (Å²) in [4.78, 5) is 15.0. The van der Waals surface area contributed by atoms with Crippen molar-refractivity contribution in [1.82, 2.24) is 4.98 Å². The molecule has 2 aromatic rings. The van der Waals surface area contributed by atoms with Gasteiger partial charge in [-0.05, 0) is 35.6 Å². The molecule has 1 N–H and O–H groups in total. The number of fused-ring (bicyclic) bond motifs is 3. The Bertz CT molecular complexity index is 820. The van der Waals surface area contributed by atoms with Crippen LogP contribution in [0.25, 0.3) is 0 Å². The van der Waals surface area contributed by atoms with E-state index in [4.69, 9.17) is 4.74 Å². The van der Waals surface area contributed by atoms with Crippen LogP contribution in [0.3, 0.4) is 0 Å². The quantitative estimate of drug-likeness (QED) is 0.528. The van der Waals surface area contributed by atoms with Crippen LogP contribution in [-0.4, -0.2) is 17.0 Å². The van der Waals surface area contributed by atoms with Crippen LogP contribution in [0.2, 0.25) is 0 Å². The number of benzene rings is 1. The van der Waals surface area contributed by atoms with Gasteiger partial charge in [0, 0.05) is 24.4 Å². The molecule has 0 amide bonds. The molecule has 1 aliphatic carbocycles. The smallest absolute Gasteiger partial charge is 0.273 e. The van der Waals surface area contributed by atoms with E-state index in [1.54, 1.807) is 25.6 Å². The number of anilines is 1. The fourth-order valence-electron chi connectivity index (χ4n) is 3.82. The highest BCUT2D eigenvalue weighted by Crippen LogP contribution is 2.53. The summed E-state index contributed by atoms with van der Waals surface area (Å²) in [6.07, 6.45) is 8.83. The Morgan fingerprint density at radius 3 is 2.83 bits per heavy atom. The summed E-state index contributed by atoms with van der Waals surface area (Å²) in [6, 6.07) is 7.29. The van der Waals surface area contributed by atoms with Crippen molar-refractivity contribution in [2.24, 2.45) is 5.92 Å². The van der Waals surface area contributed by atoms with Crippen molar-refractivity contribution in [2.45, 2.75) is 18.4 Å². The average molecular weight is 323 g/mol. The van der Waals surface area contributed by atoms with Crippen LogP contribution in [0.5, 0.6) is 5.75 Å². The number of nitro benzene ring substituents is 1. The normalized spacial score (nSPS) is 24.0. The number of aromatic nitrogens is 1. The van der Waals surface area contributed by atoms with Crippen LogP contribution in [0, 0.1) is 16.0 Å². The Morgan fingerprint density at radius 1 is 1.33 bits per heavy atom. The third kappa shape index (κ3) is 2.22. The lowest BCUT2D eigenvalue weighted by molar-refractivity contribution is -0.385. The summed E-state index contributed by atoms with van der Waals surface area (Å²) in [6.45, 7) is 0. The van der Waals surface area contributed by atoms with Crippen molar-refractivity contribution in [2.75, 3.05) is 12.4 Å². The molecule has 0 fully saturated rings. The van der Waals surface area contributed by atoms with Crippen molar-refractivity contribution >= 4 is 11.4 Å². The minimum absolute atomic E-state index is 0.0637. The molecule has 4 rings (SSSR count). The van der Waals surface area contributed by atoms with E-state index in [9.17, 15) is 10.1 Å². The fraction of sp³-hybridized carbons (Fsp3) is 0.278. The number of nitrogens with one attached hydrogen (secondary N) is 1. The SMILES string of the molecule is COc1cc([N+](=O)[O-])cc2c1N[C@@H](c1ccncc1)[C@@H]1CC=C[C@H]21. The van der Waals surface area contributed by atoms with Crippen molar-refractivity contribution in [1.29, 1.82) is 0 Å². The highest BCUT2D eigenvalue weighted by Gasteiger charge is 2.40. The summed E-state index contributed by atoms with van der Waals surface area (Å²) >= 11 is 0. The second-order valence-corrected chi connectivity index (χ2v) is 6.13. The van der Waals surface area contributed by atoms with Crippen LogP contribution in [0.1, 0.15) is 29.5 Å². The first-order valence-corrected chi connectivity index (χ1v) is 7.88. The zero-order chi connectivity index (χ0) is 16.7. The maximum absolute atomic E-state index is 11.2. The first-order valence-electron chi connectivity index (χ1n) is 7.88. The van der Waals surface area contributed by atoms with Gasteiger partial charge in [-0.1, -0.05) is 12.2 Å². The van der Waals surface area contributed by atoms with E-state index in [2.05, 4.69) is 22.5 Å². The number of rotatable bonds is 3. The largest absolute Gasteiger partial charge is 0.494 e. The van der Waals surface area contributed by atoms with E-state index in [0.29, 0.717) is 11.7 Å². The Labute approximate surface area is 139 Å². The predicted molar refractivity (Wildman–Crippen MR) is 90.2 cm³/mol. The zero-order valence-electron chi connectivity index (χ0n) is 13.2. The second kappa shape index (κ2) is 5.63. The summed E-state index contributed by atoms with van der Waals surface area (Å²) in [5, 5.41) is 14.8. The molecule has 0 spiro atoms. The lowest BCUT2D eigenvalue weighted by atomic mass is 9.77. The fourth-order valence-corrected chi connectivity index (χ4v) is 3.82. The van der Waals surface area contributed by atoms with Gasteiger partial charge in [0.2, 0.25) is 0 Å². The van der Waals surface area contributed by atoms with Crippen LogP contribution >= 0.6 is 0 Å². The summed E-state index contributed by atoms with van der Waals surface area (Å²) in [5.41, 5.74) is 3.01. The Kier molecular flexibility index (Phi) is 3.45. The molecule has 6 heteroatoms. The molecule has 0 saturated carbocycles. The summed E-state index contributed by atoms with van der Waals surface area (Å²) in [5.74, 6) is 0.983. The van der Waals surface area contributed by atoms with E-state index in [1.165, 1.54) is 6.07 Å². The number of nitro groups is 1. The highest BCUT2D eigenvalue weighted by atomic mass is 16.6. The number of non-ortho nitro benzene ring substituents is 1. The van der Waals surface area contributed by atoms with E-state index in [1.807, 2.05) is 12.1 Å². The number of allylic oxidation sites excluding steroid dienone is 2. The molecule has 0 bridgehead atoms. The molecule has 1 aliphatic heterocycles. The summed E-state index contributed by atoms with van der Waals surface area (Å²) < 4.78 is 5.43. The number of ether oxygens (including phenoxy) is 1. The molecule has 1 aromatic heterocycles. The minimum Gasteiger partial charge on any atom is -0.494 e. The molecule has 2 aliphatic rings. The van der Waals surface area contributed by atoms with Crippen LogP contribution in [0.4, 0.5) is 11.4 Å². The van der Waals surface area contributed by atoms with Crippen molar-refractivity contribution in [3.8, 4) is 5.75 Å². The minimum atomic E-state index is -0.370. The molecule has 0 radical (unpaired) electrons. The number of nitrogens with zero attached hydrogens (tertiary/aromatic N) is 2. The molecule has 1 aromatic carbocycles. The summed E-state index contributed by atoms with van der Waals surface area (Å²) in [7, 11) is 1.54. The zero-order valence-corrected chi connectivity index (χ0v) is 13.2. The molecular weight excluding hydrogens is 306 g/mol. The number of hydrogen-bond donors (Lipinski definition) is 1. The van der Waals surface area contributed by atoms with Crippen molar-refractivity contribution in [3.05, 3.63) is 70.1 Å². The van der Waals surface area contributed by atoms with Crippen molar-refractivity contribution < 1.29 is 9.66 Å². The lowest BCUT2D eigenvalue weighted by Gasteiger charge is -2.37. The molecular formula is C18H17N3O3. The van der Waals surface area contributed by atoms with E-state index in [0.717, 1.165) is 23.2 Å².